The fourth-order valence-corrected chi connectivity index (χ4v) is 4.35. The van der Waals surface area contributed by atoms with Gasteiger partial charge in [0.25, 0.3) is 10.0 Å². The molecule has 0 atom stereocenters. The van der Waals surface area contributed by atoms with Gasteiger partial charge in [-0.05, 0) is 36.4 Å². The molecule has 112 valence electrons. The molecule has 3 rings (SSSR count). The van der Waals surface area contributed by atoms with Crippen molar-refractivity contribution < 1.29 is 8.42 Å². The molecule has 22 heavy (non-hydrogen) atoms. The number of sulfonamides is 1. The van der Waals surface area contributed by atoms with Crippen LogP contribution in [-0.4, -0.2) is 13.4 Å². The molecule has 1 heterocycles. The smallest absolute Gasteiger partial charge is 0.264 e. The Labute approximate surface area is 137 Å². The summed E-state index contributed by atoms with van der Waals surface area (Å²) in [5, 5.41) is 0.827. The standard InChI is InChI=1S/C15H10Cl2N2O2S/c16-11-5-1-6-12(17)15(11)22(20,21)19-14-8-2-7-13-10(14)4-3-9-18-13/h1-9,19H. The maximum Gasteiger partial charge on any atom is 0.264 e. The molecule has 0 aliphatic rings. The van der Waals surface area contributed by atoms with Crippen molar-refractivity contribution in [3.63, 3.8) is 0 Å². The molecule has 3 aromatic rings. The number of benzene rings is 2. The zero-order chi connectivity index (χ0) is 15.7. The van der Waals surface area contributed by atoms with Crippen molar-refractivity contribution >= 4 is 49.8 Å². The summed E-state index contributed by atoms with van der Waals surface area (Å²) in [6.45, 7) is 0. The molecule has 1 N–H and O–H groups in total. The number of aromatic nitrogens is 1. The third-order valence-corrected chi connectivity index (χ3v) is 5.40. The summed E-state index contributed by atoms with van der Waals surface area (Å²) in [5.41, 5.74) is 1.11. The summed E-state index contributed by atoms with van der Waals surface area (Å²) in [6, 6.07) is 13.3. The predicted molar refractivity (Wildman–Crippen MR) is 89.0 cm³/mol. The number of hydrogen-bond acceptors (Lipinski definition) is 3. The van der Waals surface area contributed by atoms with E-state index in [1.165, 1.54) is 12.1 Å². The average Bonchev–Trinajstić information content (AvgIpc) is 2.47. The number of nitrogens with zero attached hydrogens (tertiary/aromatic N) is 1. The van der Waals surface area contributed by atoms with Gasteiger partial charge < -0.3 is 0 Å². The van der Waals surface area contributed by atoms with Gasteiger partial charge in [-0.25, -0.2) is 8.42 Å². The molecule has 2 aromatic carbocycles. The molecule has 0 aliphatic carbocycles. The highest BCUT2D eigenvalue weighted by molar-refractivity contribution is 7.93. The fraction of sp³-hybridized carbons (Fsp3) is 0. The lowest BCUT2D eigenvalue weighted by atomic mass is 10.2. The van der Waals surface area contributed by atoms with E-state index in [1.54, 1.807) is 42.6 Å². The molecule has 0 unspecified atom stereocenters. The van der Waals surface area contributed by atoms with Crippen LogP contribution in [0.3, 0.4) is 0 Å². The molecule has 0 bridgehead atoms. The van der Waals surface area contributed by atoms with Gasteiger partial charge in [-0.1, -0.05) is 35.3 Å². The molecule has 0 aliphatic heterocycles. The van der Waals surface area contributed by atoms with Crippen LogP contribution in [0.5, 0.6) is 0 Å². The van der Waals surface area contributed by atoms with Gasteiger partial charge >= 0.3 is 0 Å². The molecular weight excluding hydrogens is 343 g/mol. The van der Waals surface area contributed by atoms with E-state index in [4.69, 9.17) is 23.2 Å². The first-order valence-corrected chi connectivity index (χ1v) is 8.53. The van der Waals surface area contributed by atoms with Crippen LogP contribution >= 0.6 is 23.2 Å². The van der Waals surface area contributed by atoms with Crippen molar-refractivity contribution in [2.45, 2.75) is 4.90 Å². The van der Waals surface area contributed by atoms with E-state index in [1.807, 2.05) is 0 Å². The van der Waals surface area contributed by atoms with Crippen LogP contribution in [0.2, 0.25) is 10.0 Å². The molecule has 0 radical (unpaired) electrons. The lowest BCUT2D eigenvalue weighted by molar-refractivity contribution is 0.601. The highest BCUT2D eigenvalue weighted by Crippen LogP contribution is 2.32. The predicted octanol–water partition coefficient (Wildman–Crippen LogP) is 4.34. The van der Waals surface area contributed by atoms with Gasteiger partial charge in [0, 0.05) is 11.6 Å². The Morgan fingerprint density at radius 1 is 0.909 bits per heavy atom. The zero-order valence-electron chi connectivity index (χ0n) is 11.1. The number of hydrogen-bond donors (Lipinski definition) is 1. The molecular formula is C15H10Cl2N2O2S. The van der Waals surface area contributed by atoms with Crippen LogP contribution in [0.4, 0.5) is 5.69 Å². The van der Waals surface area contributed by atoms with Gasteiger partial charge in [0.2, 0.25) is 0 Å². The van der Waals surface area contributed by atoms with E-state index in [0.29, 0.717) is 16.6 Å². The summed E-state index contributed by atoms with van der Waals surface area (Å²) < 4.78 is 27.7. The van der Waals surface area contributed by atoms with Crippen LogP contribution in [0.1, 0.15) is 0 Å². The van der Waals surface area contributed by atoms with E-state index < -0.39 is 10.0 Å². The zero-order valence-corrected chi connectivity index (χ0v) is 13.5. The molecule has 0 spiro atoms. The number of rotatable bonds is 3. The normalized spacial score (nSPS) is 11.5. The average molecular weight is 353 g/mol. The van der Waals surface area contributed by atoms with Gasteiger partial charge in [0.05, 0.1) is 21.2 Å². The summed E-state index contributed by atoms with van der Waals surface area (Å²) >= 11 is 12.0. The molecule has 0 saturated carbocycles. The lowest BCUT2D eigenvalue weighted by Crippen LogP contribution is -2.14. The van der Waals surface area contributed by atoms with Crippen molar-refractivity contribution in [3.8, 4) is 0 Å². The Bertz CT molecular complexity index is 933. The lowest BCUT2D eigenvalue weighted by Gasteiger charge is -2.12. The van der Waals surface area contributed by atoms with Gasteiger partial charge in [-0.2, -0.15) is 0 Å². The van der Waals surface area contributed by atoms with Crippen molar-refractivity contribution in [3.05, 3.63) is 64.8 Å². The molecule has 0 saturated heterocycles. The Hall–Kier alpha value is -1.82. The van der Waals surface area contributed by atoms with E-state index in [2.05, 4.69) is 9.71 Å². The molecule has 1 aromatic heterocycles. The SMILES string of the molecule is O=S(=O)(Nc1cccc2ncccc12)c1c(Cl)cccc1Cl. The van der Waals surface area contributed by atoms with Gasteiger partial charge in [-0.3, -0.25) is 9.71 Å². The van der Waals surface area contributed by atoms with Gasteiger partial charge in [-0.15, -0.1) is 0 Å². The Balaban J connectivity index is 2.12. The van der Waals surface area contributed by atoms with Crippen molar-refractivity contribution in [2.75, 3.05) is 4.72 Å². The monoisotopic (exact) mass is 352 g/mol. The van der Waals surface area contributed by atoms with Crippen LogP contribution in [0, 0.1) is 0 Å². The van der Waals surface area contributed by atoms with Crippen LogP contribution in [-0.2, 0) is 10.0 Å². The Morgan fingerprint density at radius 3 is 2.32 bits per heavy atom. The highest BCUT2D eigenvalue weighted by Gasteiger charge is 2.22. The van der Waals surface area contributed by atoms with Crippen LogP contribution in [0.15, 0.2) is 59.6 Å². The topological polar surface area (TPSA) is 59.1 Å². The summed E-state index contributed by atoms with van der Waals surface area (Å²) in [6.07, 6.45) is 1.64. The summed E-state index contributed by atoms with van der Waals surface area (Å²) in [4.78, 5) is 4.05. The first-order chi connectivity index (χ1) is 10.5. The number of anilines is 1. The summed E-state index contributed by atoms with van der Waals surface area (Å²) in [7, 11) is -3.91. The Kier molecular flexibility index (Phi) is 3.95. The van der Waals surface area contributed by atoms with Crippen molar-refractivity contribution in [1.29, 1.82) is 0 Å². The van der Waals surface area contributed by atoms with Crippen LogP contribution < -0.4 is 4.72 Å². The number of pyridine rings is 1. The molecule has 4 nitrogen and oxygen atoms in total. The molecule has 0 fully saturated rings. The van der Waals surface area contributed by atoms with Gasteiger partial charge in [0.15, 0.2) is 0 Å². The molecule has 7 heteroatoms. The summed E-state index contributed by atoms with van der Waals surface area (Å²) in [5.74, 6) is 0. The first kappa shape index (κ1) is 15.1. The van der Waals surface area contributed by atoms with Crippen molar-refractivity contribution in [1.82, 2.24) is 4.98 Å². The highest BCUT2D eigenvalue weighted by atomic mass is 35.5. The van der Waals surface area contributed by atoms with Crippen molar-refractivity contribution in [2.24, 2.45) is 0 Å². The van der Waals surface area contributed by atoms with E-state index in [9.17, 15) is 8.42 Å². The second-order valence-electron chi connectivity index (χ2n) is 4.53. The van der Waals surface area contributed by atoms with E-state index >= 15 is 0 Å². The number of fused-ring (bicyclic) bond motifs is 1. The number of nitrogens with one attached hydrogen (secondary N) is 1. The quantitative estimate of drug-likeness (QED) is 0.762. The van der Waals surface area contributed by atoms with Gasteiger partial charge in [0.1, 0.15) is 4.90 Å². The first-order valence-electron chi connectivity index (χ1n) is 6.29. The maximum atomic E-state index is 12.6. The maximum absolute atomic E-state index is 12.6. The minimum absolute atomic E-state index is 0.0679. The number of halogens is 2. The Morgan fingerprint density at radius 2 is 1.59 bits per heavy atom. The second kappa shape index (κ2) is 5.76. The minimum Gasteiger partial charge on any atom is -0.279 e. The third-order valence-electron chi connectivity index (χ3n) is 3.08. The molecule has 0 amide bonds. The largest absolute Gasteiger partial charge is 0.279 e. The second-order valence-corrected chi connectivity index (χ2v) is 6.97. The van der Waals surface area contributed by atoms with E-state index in [0.717, 1.165) is 0 Å². The fourth-order valence-electron chi connectivity index (χ4n) is 2.13. The van der Waals surface area contributed by atoms with E-state index in [-0.39, 0.29) is 14.9 Å². The van der Waals surface area contributed by atoms with Crippen LogP contribution in [0.25, 0.3) is 10.9 Å². The minimum atomic E-state index is -3.91. The third kappa shape index (κ3) is 2.75.